The van der Waals surface area contributed by atoms with Crippen molar-refractivity contribution in [1.82, 2.24) is 19.8 Å². The Bertz CT molecular complexity index is 869. The van der Waals surface area contributed by atoms with E-state index in [1.807, 2.05) is 55.8 Å². The van der Waals surface area contributed by atoms with Crippen molar-refractivity contribution in [3.63, 3.8) is 0 Å². The fraction of sp³-hybridized carbons (Fsp3) is 0.333. The number of hydrogen-bond donors (Lipinski definition) is 1. The highest BCUT2D eigenvalue weighted by molar-refractivity contribution is 7.10. The van der Waals surface area contributed by atoms with Crippen molar-refractivity contribution < 1.29 is 9.59 Å². The van der Waals surface area contributed by atoms with Gasteiger partial charge in [0.15, 0.2) is 5.69 Å². The maximum Gasteiger partial charge on any atom is 0.276 e. The van der Waals surface area contributed by atoms with Crippen LogP contribution >= 0.6 is 34.2 Å². The summed E-state index contributed by atoms with van der Waals surface area (Å²) < 4.78 is 3.80. The summed E-state index contributed by atoms with van der Waals surface area (Å²) in [4.78, 5) is 29.8. The van der Waals surface area contributed by atoms with E-state index in [-0.39, 0.29) is 17.5 Å². The van der Waals surface area contributed by atoms with Gasteiger partial charge in [-0.15, -0.1) is 27.8 Å². The number of nitrogens with one attached hydrogen (secondary N) is 1. The average molecular weight is 421 g/mol. The van der Waals surface area contributed by atoms with Crippen LogP contribution in [0.2, 0.25) is 0 Å². The van der Waals surface area contributed by atoms with E-state index in [9.17, 15) is 9.59 Å². The molecule has 6 nitrogen and oxygen atoms in total. The van der Waals surface area contributed by atoms with Crippen molar-refractivity contribution >= 4 is 46.0 Å². The summed E-state index contributed by atoms with van der Waals surface area (Å²) in [5.74, 6) is -0.516. The maximum absolute atomic E-state index is 13.2. The molecule has 3 heterocycles. The van der Waals surface area contributed by atoms with Crippen LogP contribution in [0.15, 0.2) is 40.4 Å². The first-order valence-electron chi connectivity index (χ1n) is 8.31. The first-order chi connectivity index (χ1) is 12.8. The van der Waals surface area contributed by atoms with E-state index in [2.05, 4.69) is 14.9 Å². The first kappa shape index (κ1) is 19.7. The standard InChI is InChI=1S/C18H20N4O2S3/c1-18(2,3)19-16(23)15(14-7-5-9-26-14)22(10-12-6-4-8-25-12)17(24)13-11-27-21-20-13/h4-9,11,15H,10H2,1-3H3,(H,19,23). The van der Waals surface area contributed by atoms with Crippen molar-refractivity contribution in [2.24, 2.45) is 0 Å². The molecule has 0 saturated carbocycles. The highest BCUT2D eigenvalue weighted by Crippen LogP contribution is 2.30. The normalized spacial score (nSPS) is 12.6. The Kier molecular flexibility index (Phi) is 6.03. The van der Waals surface area contributed by atoms with Crippen molar-refractivity contribution in [2.75, 3.05) is 0 Å². The summed E-state index contributed by atoms with van der Waals surface area (Å²) >= 11 is 4.12. The molecule has 0 radical (unpaired) electrons. The van der Waals surface area contributed by atoms with Crippen molar-refractivity contribution in [3.8, 4) is 0 Å². The molecule has 1 unspecified atom stereocenters. The lowest BCUT2D eigenvalue weighted by Crippen LogP contribution is -2.48. The molecule has 0 saturated heterocycles. The first-order valence-corrected chi connectivity index (χ1v) is 10.9. The summed E-state index contributed by atoms with van der Waals surface area (Å²) in [6.07, 6.45) is 0. The highest BCUT2D eigenvalue weighted by Gasteiger charge is 2.35. The van der Waals surface area contributed by atoms with Crippen LogP contribution < -0.4 is 5.32 Å². The monoisotopic (exact) mass is 420 g/mol. The smallest absolute Gasteiger partial charge is 0.276 e. The summed E-state index contributed by atoms with van der Waals surface area (Å²) in [6.45, 7) is 6.10. The zero-order valence-electron chi connectivity index (χ0n) is 15.2. The quantitative estimate of drug-likeness (QED) is 0.655. The summed E-state index contributed by atoms with van der Waals surface area (Å²) in [6, 6.07) is 6.92. The third-order valence-corrected chi connectivity index (χ3v) is 5.91. The molecule has 0 fully saturated rings. The molecule has 27 heavy (non-hydrogen) atoms. The number of hydrogen-bond acceptors (Lipinski definition) is 7. The van der Waals surface area contributed by atoms with E-state index < -0.39 is 11.6 Å². The van der Waals surface area contributed by atoms with Crippen LogP contribution in [0.4, 0.5) is 0 Å². The van der Waals surface area contributed by atoms with Gasteiger partial charge in [0.1, 0.15) is 6.04 Å². The third kappa shape index (κ3) is 5.00. The van der Waals surface area contributed by atoms with Gasteiger partial charge in [0.2, 0.25) is 5.91 Å². The van der Waals surface area contributed by atoms with Crippen LogP contribution in [-0.4, -0.2) is 31.8 Å². The Labute approximate surface area is 170 Å². The number of thiophene rings is 2. The van der Waals surface area contributed by atoms with Crippen LogP contribution in [-0.2, 0) is 11.3 Å². The fourth-order valence-corrected chi connectivity index (χ4v) is 4.53. The van der Waals surface area contributed by atoms with Crippen LogP contribution in [0.1, 0.15) is 47.1 Å². The molecule has 1 atom stereocenters. The molecule has 0 aliphatic carbocycles. The lowest BCUT2D eigenvalue weighted by Gasteiger charge is -2.32. The molecule has 0 aliphatic rings. The zero-order chi connectivity index (χ0) is 19.4. The number of amides is 2. The topological polar surface area (TPSA) is 75.2 Å². The van der Waals surface area contributed by atoms with E-state index in [1.165, 1.54) is 11.3 Å². The number of nitrogens with zero attached hydrogens (tertiary/aromatic N) is 3. The van der Waals surface area contributed by atoms with Gasteiger partial charge in [0.25, 0.3) is 5.91 Å². The maximum atomic E-state index is 13.2. The van der Waals surface area contributed by atoms with Gasteiger partial charge in [-0.2, -0.15) is 0 Å². The van der Waals surface area contributed by atoms with Gasteiger partial charge in [-0.05, 0) is 55.2 Å². The van der Waals surface area contributed by atoms with Crippen LogP contribution in [0.3, 0.4) is 0 Å². The Morgan fingerprint density at radius 2 is 1.93 bits per heavy atom. The third-order valence-electron chi connectivity index (χ3n) is 3.62. The lowest BCUT2D eigenvalue weighted by molar-refractivity contribution is -0.127. The van der Waals surface area contributed by atoms with E-state index in [0.29, 0.717) is 6.54 Å². The van der Waals surface area contributed by atoms with Crippen LogP contribution in [0.25, 0.3) is 0 Å². The van der Waals surface area contributed by atoms with Gasteiger partial charge < -0.3 is 10.2 Å². The minimum Gasteiger partial charge on any atom is -0.349 e. The Morgan fingerprint density at radius 1 is 1.19 bits per heavy atom. The van der Waals surface area contributed by atoms with Crippen LogP contribution in [0, 0.1) is 0 Å². The zero-order valence-corrected chi connectivity index (χ0v) is 17.7. The largest absolute Gasteiger partial charge is 0.349 e. The molecule has 1 N–H and O–H groups in total. The summed E-state index contributed by atoms with van der Waals surface area (Å²) in [7, 11) is 0. The van der Waals surface area contributed by atoms with E-state index in [0.717, 1.165) is 21.3 Å². The minimum atomic E-state index is -0.736. The fourth-order valence-electron chi connectivity index (χ4n) is 2.56. The van der Waals surface area contributed by atoms with Gasteiger partial charge >= 0.3 is 0 Å². The van der Waals surface area contributed by atoms with Gasteiger partial charge in [0, 0.05) is 20.7 Å². The SMILES string of the molecule is CC(C)(C)NC(=O)C(c1cccs1)N(Cc1cccs1)C(=O)c1csnn1. The number of rotatable bonds is 6. The Balaban J connectivity index is 2.01. The molecule has 9 heteroatoms. The molecule has 0 aromatic carbocycles. The lowest BCUT2D eigenvalue weighted by atomic mass is 10.1. The number of carbonyl (C=O) groups is 2. The molecular formula is C18H20N4O2S3. The second-order valence-electron chi connectivity index (χ2n) is 6.96. The van der Waals surface area contributed by atoms with Gasteiger partial charge in [-0.3, -0.25) is 9.59 Å². The second-order valence-corrected chi connectivity index (χ2v) is 9.58. The predicted molar refractivity (Wildman–Crippen MR) is 109 cm³/mol. The van der Waals surface area contributed by atoms with Crippen molar-refractivity contribution in [3.05, 3.63) is 55.9 Å². The molecule has 0 aliphatic heterocycles. The average Bonchev–Trinajstić information content (AvgIpc) is 3.34. The molecule has 3 rings (SSSR count). The highest BCUT2D eigenvalue weighted by atomic mass is 32.1. The van der Waals surface area contributed by atoms with E-state index >= 15 is 0 Å². The second kappa shape index (κ2) is 8.28. The molecule has 3 aromatic heterocycles. The summed E-state index contributed by atoms with van der Waals surface area (Å²) in [5.41, 5.74) is -0.159. The van der Waals surface area contributed by atoms with Crippen LogP contribution in [0.5, 0.6) is 0 Å². The summed E-state index contributed by atoms with van der Waals surface area (Å²) in [5, 5.41) is 12.4. The molecular weight excluding hydrogens is 400 g/mol. The van der Waals surface area contributed by atoms with E-state index in [4.69, 9.17) is 0 Å². The molecule has 2 amide bonds. The molecule has 142 valence electrons. The minimum absolute atomic E-state index is 0.210. The molecule has 3 aromatic rings. The van der Waals surface area contributed by atoms with Gasteiger partial charge in [-0.25, -0.2) is 0 Å². The molecule has 0 spiro atoms. The van der Waals surface area contributed by atoms with Crippen molar-refractivity contribution in [2.45, 2.75) is 38.9 Å². The predicted octanol–water partition coefficient (Wildman–Crippen LogP) is 3.96. The van der Waals surface area contributed by atoms with Gasteiger partial charge in [-0.1, -0.05) is 16.6 Å². The van der Waals surface area contributed by atoms with Crippen molar-refractivity contribution in [1.29, 1.82) is 0 Å². The molecule has 0 bridgehead atoms. The van der Waals surface area contributed by atoms with E-state index in [1.54, 1.807) is 21.6 Å². The van der Waals surface area contributed by atoms with Gasteiger partial charge in [0.05, 0.1) is 6.54 Å². The number of carbonyl (C=O) groups excluding carboxylic acids is 2. The Morgan fingerprint density at radius 3 is 2.48 bits per heavy atom. The number of aromatic nitrogens is 2. The Hall–Kier alpha value is -2.10.